The third-order valence-corrected chi connectivity index (χ3v) is 4.11. The summed E-state index contributed by atoms with van der Waals surface area (Å²) in [5, 5.41) is 10.0. The molecule has 1 amide bonds. The highest BCUT2D eigenvalue weighted by atomic mass is 19.1. The zero-order valence-electron chi connectivity index (χ0n) is 14.0. The maximum Gasteiger partial charge on any atom is 0.228 e. The molecule has 0 saturated heterocycles. The van der Waals surface area contributed by atoms with Crippen LogP contribution in [-0.2, 0) is 11.2 Å². The average Bonchev–Trinajstić information content (AvgIpc) is 3.05. The third-order valence-electron chi connectivity index (χ3n) is 4.11. The number of nitrogens with zero attached hydrogens (tertiary/aromatic N) is 2. The van der Waals surface area contributed by atoms with Gasteiger partial charge >= 0.3 is 0 Å². The highest BCUT2D eigenvalue weighted by Crippen LogP contribution is 2.30. The Kier molecular flexibility index (Phi) is 4.33. The number of carbonyl (C=O) groups excluding carboxylic acids is 1. The number of benzene rings is 2. The summed E-state index contributed by atoms with van der Waals surface area (Å²) in [7, 11) is 0. The summed E-state index contributed by atoms with van der Waals surface area (Å²) in [6.07, 6.45) is 3.27. The lowest BCUT2D eigenvalue weighted by atomic mass is 10.1. The number of carbonyl (C=O) groups is 1. The van der Waals surface area contributed by atoms with Gasteiger partial charge in [0, 0.05) is 29.4 Å². The fourth-order valence-electron chi connectivity index (χ4n) is 2.87. The molecule has 2 aromatic heterocycles. The quantitative estimate of drug-likeness (QED) is 0.573. The van der Waals surface area contributed by atoms with Crippen molar-refractivity contribution in [1.82, 2.24) is 15.2 Å². The second-order valence-corrected chi connectivity index (χ2v) is 6.05. The van der Waals surface area contributed by atoms with Crippen LogP contribution in [0.4, 0.5) is 14.5 Å². The molecule has 2 heterocycles. The molecule has 5 nitrogen and oxygen atoms in total. The van der Waals surface area contributed by atoms with E-state index < -0.39 is 11.6 Å². The van der Waals surface area contributed by atoms with Crippen molar-refractivity contribution >= 4 is 22.5 Å². The normalized spacial score (nSPS) is 10.9. The van der Waals surface area contributed by atoms with Gasteiger partial charge in [-0.3, -0.25) is 14.9 Å². The number of nitrogens with one attached hydrogen (secondary N) is 2. The van der Waals surface area contributed by atoms with Crippen molar-refractivity contribution in [3.8, 4) is 11.3 Å². The van der Waals surface area contributed by atoms with E-state index in [1.165, 1.54) is 24.3 Å². The summed E-state index contributed by atoms with van der Waals surface area (Å²) in [6.45, 7) is 0. The number of rotatable bonds is 4. The van der Waals surface area contributed by atoms with Gasteiger partial charge < -0.3 is 5.32 Å². The van der Waals surface area contributed by atoms with E-state index in [0.717, 1.165) is 5.56 Å². The zero-order chi connectivity index (χ0) is 18.8. The van der Waals surface area contributed by atoms with Gasteiger partial charge in [0.25, 0.3) is 0 Å². The summed E-state index contributed by atoms with van der Waals surface area (Å²) in [4.78, 5) is 16.2. The second kappa shape index (κ2) is 6.95. The Labute approximate surface area is 153 Å². The Morgan fingerprint density at radius 1 is 1.11 bits per heavy atom. The molecule has 0 aliphatic heterocycles. The maximum absolute atomic E-state index is 14.4. The first kappa shape index (κ1) is 16.8. The molecule has 0 radical (unpaired) electrons. The summed E-state index contributed by atoms with van der Waals surface area (Å²) < 4.78 is 27.9. The van der Waals surface area contributed by atoms with Crippen LogP contribution in [0.1, 0.15) is 5.56 Å². The maximum atomic E-state index is 14.4. The largest absolute Gasteiger partial charge is 0.323 e. The fourth-order valence-corrected chi connectivity index (χ4v) is 2.87. The van der Waals surface area contributed by atoms with Gasteiger partial charge in [-0.1, -0.05) is 18.2 Å². The van der Waals surface area contributed by atoms with Crippen LogP contribution in [0.5, 0.6) is 0 Å². The van der Waals surface area contributed by atoms with Gasteiger partial charge in [0.1, 0.15) is 17.3 Å². The van der Waals surface area contributed by atoms with Gasteiger partial charge in [-0.15, -0.1) is 0 Å². The monoisotopic (exact) mass is 364 g/mol. The van der Waals surface area contributed by atoms with E-state index in [1.807, 2.05) is 0 Å². The first-order chi connectivity index (χ1) is 13.1. The molecule has 2 aromatic carbocycles. The van der Waals surface area contributed by atoms with Crippen LogP contribution in [-0.4, -0.2) is 21.1 Å². The van der Waals surface area contributed by atoms with Crippen molar-refractivity contribution in [1.29, 1.82) is 0 Å². The lowest BCUT2D eigenvalue weighted by Gasteiger charge is -2.07. The van der Waals surface area contributed by atoms with E-state index in [-0.39, 0.29) is 18.0 Å². The first-order valence-corrected chi connectivity index (χ1v) is 8.22. The van der Waals surface area contributed by atoms with Crippen LogP contribution in [0, 0.1) is 11.6 Å². The number of aromatic amines is 1. The van der Waals surface area contributed by atoms with E-state index in [0.29, 0.717) is 22.2 Å². The van der Waals surface area contributed by atoms with Gasteiger partial charge in [-0.05, 0) is 29.8 Å². The van der Waals surface area contributed by atoms with Gasteiger partial charge in [0.05, 0.1) is 17.6 Å². The second-order valence-electron chi connectivity index (χ2n) is 6.05. The van der Waals surface area contributed by atoms with Crippen molar-refractivity contribution in [2.24, 2.45) is 0 Å². The van der Waals surface area contributed by atoms with E-state index >= 15 is 0 Å². The first-order valence-electron chi connectivity index (χ1n) is 8.22. The van der Waals surface area contributed by atoms with Gasteiger partial charge in [-0.25, -0.2) is 8.78 Å². The van der Waals surface area contributed by atoms with Crippen LogP contribution in [0.2, 0.25) is 0 Å². The molecule has 0 aliphatic carbocycles. The predicted molar refractivity (Wildman–Crippen MR) is 98.0 cm³/mol. The lowest BCUT2D eigenvalue weighted by molar-refractivity contribution is -0.115. The number of hydrogen-bond acceptors (Lipinski definition) is 3. The summed E-state index contributed by atoms with van der Waals surface area (Å²) in [5.41, 5.74) is 2.25. The minimum atomic E-state index is -0.587. The number of hydrogen-bond donors (Lipinski definition) is 2. The van der Waals surface area contributed by atoms with Crippen molar-refractivity contribution in [2.75, 3.05) is 5.32 Å². The Morgan fingerprint density at radius 2 is 2.00 bits per heavy atom. The Balaban J connectivity index is 1.66. The van der Waals surface area contributed by atoms with Crippen molar-refractivity contribution in [3.05, 3.63) is 78.1 Å². The van der Waals surface area contributed by atoms with Gasteiger partial charge in [0.15, 0.2) is 0 Å². The highest BCUT2D eigenvalue weighted by molar-refractivity contribution is 5.99. The molecule has 4 aromatic rings. The molecule has 0 atom stereocenters. The average molecular weight is 364 g/mol. The molecule has 27 heavy (non-hydrogen) atoms. The molecular formula is C20H14F2N4O. The summed E-state index contributed by atoms with van der Waals surface area (Å²) in [5.74, 6) is -1.34. The number of pyridine rings is 1. The van der Waals surface area contributed by atoms with Gasteiger partial charge in [0.2, 0.25) is 5.91 Å². The molecule has 0 unspecified atom stereocenters. The molecule has 0 bridgehead atoms. The Hall–Kier alpha value is -3.61. The standard InChI is InChI=1S/C20H14F2N4O/c21-14-5-1-4-13(8-14)20-15-9-18(16(22)10-17(15)25-26-20)24-19(27)7-12-3-2-6-23-11-12/h1-6,8-11H,7H2,(H,24,27)(H,25,26). The van der Waals surface area contributed by atoms with E-state index in [9.17, 15) is 13.6 Å². The SMILES string of the molecule is O=C(Cc1cccnc1)Nc1cc2c(-c3cccc(F)c3)n[nH]c2cc1F. The fraction of sp³-hybridized carbons (Fsp3) is 0.0500. The van der Waals surface area contributed by atoms with Crippen LogP contribution in [0.15, 0.2) is 60.9 Å². The number of fused-ring (bicyclic) bond motifs is 1. The minimum absolute atomic E-state index is 0.0374. The molecule has 7 heteroatoms. The van der Waals surface area contributed by atoms with Crippen molar-refractivity contribution in [2.45, 2.75) is 6.42 Å². The molecular weight excluding hydrogens is 350 g/mol. The minimum Gasteiger partial charge on any atom is -0.323 e. The lowest BCUT2D eigenvalue weighted by Crippen LogP contribution is -2.15. The van der Waals surface area contributed by atoms with Crippen molar-refractivity contribution in [3.63, 3.8) is 0 Å². The molecule has 4 rings (SSSR count). The Bertz CT molecular complexity index is 1130. The van der Waals surface area contributed by atoms with Crippen LogP contribution < -0.4 is 5.32 Å². The topological polar surface area (TPSA) is 70.7 Å². The number of aromatic nitrogens is 3. The zero-order valence-corrected chi connectivity index (χ0v) is 14.0. The van der Waals surface area contributed by atoms with E-state index in [2.05, 4.69) is 20.5 Å². The molecule has 0 saturated carbocycles. The van der Waals surface area contributed by atoms with Crippen LogP contribution >= 0.6 is 0 Å². The predicted octanol–water partition coefficient (Wildman–Crippen LogP) is 4.08. The number of anilines is 1. The molecule has 0 spiro atoms. The molecule has 134 valence electrons. The summed E-state index contributed by atoms with van der Waals surface area (Å²) in [6, 6.07) is 12.2. The van der Waals surface area contributed by atoms with Crippen LogP contribution in [0.25, 0.3) is 22.2 Å². The van der Waals surface area contributed by atoms with Gasteiger partial charge in [-0.2, -0.15) is 5.10 Å². The van der Waals surface area contributed by atoms with Crippen LogP contribution in [0.3, 0.4) is 0 Å². The third kappa shape index (κ3) is 3.52. The number of amides is 1. The molecule has 2 N–H and O–H groups in total. The highest BCUT2D eigenvalue weighted by Gasteiger charge is 2.15. The van der Waals surface area contributed by atoms with E-state index in [4.69, 9.17) is 0 Å². The smallest absolute Gasteiger partial charge is 0.228 e. The van der Waals surface area contributed by atoms with E-state index in [1.54, 1.807) is 36.7 Å². The van der Waals surface area contributed by atoms with Crippen molar-refractivity contribution < 1.29 is 13.6 Å². The Morgan fingerprint density at radius 3 is 2.78 bits per heavy atom. The number of H-pyrrole nitrogens is 1. The molecule has 0 aliphatic rings. The number of halogens is 2. The molecule has 0 fully saturated rings. The summed E-state index contributed by atoms with van der Waals surface area (Å²) >= 11 is 0.